The topological polar surface area (TPSA) is 80.3 Å². The van der Waals surface area contributed by atoms with E-state index in [0.717, 1.165) is 4.90 Å². The van der Waals surface area contributed by atoms with Gasteiger partial charge >= 0.3 is 11.9 Å². The van der Waals surface area contributed by atoms with Gasteiger partial charge in [-0.3, -0.25) is 9.59 Å². The van der Waals surface area contributed by atoms with Gasteiger partial charge < -0.3 is 23.7 Å². The smallest absolute Gasteiger partial charge is 0.303 e. The van der Waals surface area contributed by atoms with E-state index < -0.39 is 47.6 Å². The van der Waals surface area contributed by atoms with Crippen LogP contribution in [0.15, 0.2) is 35.2 Å². The molecule has 0 saturated carbocycles. The van der Waals surface area contributed by atoms with Gasteiger partial charge in [-0.25, -0.2) is 0 Å². The quantitative estimate of drug-likeness (QED) is 0.703. The highest BCUT2D eigenvalue weighted by Gasteiger charge is 2.57. The summed E-state index contributed by atoms with van der Waals surface area (Å²) < 4.78 is 28.9. The van der Waals surface area contributed by atoms with Crippen molar-refractivity contribution in [2.75, 3.05) is 6.61 Å². The second-order valence-electron chi connectivity index (χ2n) is 6.92. The summed E-state index contributed by atoms with van der Waals surface area (Å²) in [6.07, 6.45) is -2.36. The Hall–Kier alpha value is -1.61. The molecule has 2 saturated heterocycles. The average Bonchev–Trinajstić information content (AvgIpc) is 2.92. The van der Waals surface area contributed by atoms with E-state index in [1.807, 2.05) is 44.2 Å². The van der Waals surface area contributed by atoms with E-state index >= 15 is 0 Å². The van der Waals surface area contributed by atoms with E-state index in [2.05, 4.69) is 0 Å². The summed E-state index contributed by atoms with van der Waals surface area (Å²) >= 11 is 1.49. The van der Waals surface area contributed by atoms with Crippen LogP contribution in [-0.4, -0.2) is 54.2 Å². The number of carbonyl (C=O) groups is 2. The first kappa shape index (κ1) is 20.1. The summed E-state index contributed by atoms with van der Waals surface area (Å²) in [7, 11) is 0. The Morgan fingerprint density at radius 2 is 1.74 bits per heavy atom. The van der Waals surface area contributed by atoms with Gasteiger partial charge in [0, 0.05) is 18.7 Å². The predicted octanol–water partition coefficient (Wildman–Crippen LogP) is 2.52. The Morgan fingerprint density at radius 1 is 1.07 bits per heavy atom. The number of benzene rings is 1. The second-order valence-corrected chi connectivity index (χ2v) is 8.09. The minimum atomic E-state index is -0.844. The lowest BCUT2D eigenvalue weighted by molar-refractivity contribution is -0.202. The molecule has 5 atom stereocenters. The van der Waals surface area contributed by atoms with Crippen molar-refractivity contribution < 1.29 is 33.3 Å². The monoisotopic (exact) mass is 396 g/mol. The maximum Gasteiger partial charge on any atom is 0.303 e. The van der Waals surface area contributed by atoms with Crippen molar-refractivity contribution in [1.29, 1.82) is 0 Å². The van der Waals surface area contributed by atoms with Gasteiger partial charge in [-0.15, -0.1) is 0 Å². The van der Waals surface area contributed by atoms with Crippen LogP contribution in [0.5, 0.6) is 0 Å². The Bertz CT molecular complexity index is 678. The molecule has 148 valence electrons. The van der Waals surface area contributed by atoms with Gasteiger partial charge in [-0.05, 0) is 26.0 Å². The van der Waals surface area contributed by atoms with Crippen LogP contribution >= 0.6 is 11.8 Å². The lowest BCUT2D eigenvalue weighted by atomic mass is 10.00. The van der Waals surface area contributed by atoms with Crippen molar-refractivity contribution in [2.24, 2.45) is 0 Å². The Labute approximate surface area is 162 Å². The van der Waals surface area contributed by atoms with E-state index in [-0.39, 0.29) is 6.61 Å². The molecule has 3 rings (SSSR count). The molecule has 0 N–H and O–H groups in total. The molecular weight excluding hydrogens is 372 g/mol. The first-order chi connectivity index (χ1) is 12.7. The number of hydrogen-bond acceptors (Lipinski definition) is 8. The SMILES string of the molecule is CC(=O)OC[C@H]1O[C@@H](Sc2ccccc2)[C@H]2OC(C)(C)O[C@H]2[C@@H]1OC(C)=O. The van der Waals surface area contributed by atoms with Gasteiger partial charge in [0.2, 0.25) is 0 Å². The van der Waals surface area contributed by atoms with Crippen LogP contribution in [0.3, 0.4) is 0 Å². The third kappa shape index (κ3) is 5.01. The second kappa shape index (κ2) is 8.18. The number of thioether (sulfide) groups is 1. The van der Waals surface area contributed by atoms with Crippen LogP contribution in [0.1, 0.15) is 27.7 Å². The molecule has 0 bridgehead atoms. The van der Waals surface area contributed by atoms with Gasteiger partial charge in [0.1, 0.15) is 30.4 Å². The Kier molecular flexibility index (Phi) is 6.10. The molecule has 0 unspecified atom stereocenters. The number of hydrogen-bond donors (Lipinski definition) is 0. The van der Waals surface area contributed by atoms with E-state index in [1.165, 1.54) is 25.6 Å². The lowest BCUT2D eigenvalue weighted by Crippen LogP contribution is -2.58. The minimum Gasteiger partial charge on any atom is -0.463 e. The van der Waals surface area contributed by atoms with Gasteiger partial charge in [0.05, 0.1) is 0 Å². The van der Waals surface area contributed by atoms with Gasteiger partial charge in [0.25, 0.3) is 0 Å². The molecule has 0 spiro atoms. The van der Waals surface area contributed by atoms with Crippen molar-refractivity contribution in [3.05, 3.63) is 30.3 Å². The van der Waals surface area contributed by atoms with Crippen LogP contribution in [-0.2, 0) is 33.3 Å². The molecule has 0 aromatic heterocycles. The molecule has 1 aromatic rings. The summed E-state index contributed by atoms with van der Waals surface area (Å²) in [4.78, 5) is 23.9. The molecule has 8 heteroatoms. The third-order valence-corrected chi connectivity index (χ3v) is 5.34. The molecule has 2 fully saturated rings. The van der Waals surface area contributed by atoms with Crippen LogP contribution in [0.2, 0.25) is 0 Å². The van der Waals surface area contributed by atoms with Gasteiger partial charge in [-0.2, -0.15) is 0 Å². The molecule has 0 radical (unpaired) electrons. The van der Waals surface area contributed by atoms with Crippen molar-refractivity contribution in [2.45, 2.75) is 68.2 Å². The zero-order valence-electron chi connectivity index (χ0n) is 15.7. The highest BCUT2D eigenvalue weighted by Crippen LogP contribution is 2.43. The Morgan fingerprint density at radius 3 is 2.37 bits per heavy atom. The van der Waals surface area contributed by atoms with E-state index in [1.54, 1.807) is 0 Å². The molecule has 0 aliphatic carbocycles. The standard InChI is InChI=1S/C19H24O7S/c1-11(20)22-10-14-15(23-12(2)21)16-17(26-19(3,4)25-16)18(24-14)27-13-8-6-5-7-9-13/h5-9,14-18H,10H2,1-4H3/t14-,15-,16+,17+,18+/m1/s1. The van der Waals surface area contributed by atoms with Crippen LogP contribution in [0, 0.1) is 0 Å². The van der Waals surface area contributed by atoms with Crippen LogP contribution < -0.4 is 0 Å². The number of carbonyl (C=O) groups excluding carboxylic acids is 2. The van der Waals surface area contributed by atoms with Gasteiger partial charge in [0.15, 0.2) is 11.9 Å². The zero-order valence-corrected chi connectivity index (χ0v) is 16.6. The van der Waals surface area contributed by atoms with Crippen LogP contribution in [0.4, 0.5) is 0 Å². The minimum absolute atomic E-state index is 0.0356. The molecule has 2 aliphatic heterocycles. The first-order valence-electron chi connectivity index (χ1n) is 8.78. The zero-order chi connectivity index (χ0) is 19.6. The molecule has 0 amide bonds. The van der Waals surface area contributed by atoms with Crippen LogP contribution in [0.25, 0.3) is 0 Å². The summed E-state index contributed by atoms with van der Waals surface area (Å²) in [5, 5.41) is 0. The number of rotatable bonds is 5. The molecule has 2 heterocycles. The van der Waals surface area contributed by atoms with E-state index in [9.17, 15) is 9.59 Å². The fourth-order valence-corrected chi connectivity index (χ4v) is 4.34. The summed E-state index contributed by atoms with van der Waals surface area (Å²) in [5.74, 6) is -1.74. The fourth-order valence-electron chi connectivity index (χ4n) is 3.22. The summed E-state index contributed by atoms with van der Waals surface area (Å²) in [6, 6.07) is 9.77. The Balaban J connectivity index is 1.86. The first-order valence-corrected chi connectivity index (χ1v) is 9.66. The van der Waals surface area contributed by atoms with Crippen molar-refractivity contribution in [1.82, 2.24) is 0 Å². The molecule has 1 aromatic carbocycles. The average molecular weight is 396 g/mol. The number of esters is 2. The number of ether oxygens (including phenoxy) is 5. The molecule has 7 nitrogen and oxygen atoms in total. The fraction of sp³-hybridized carbons (Fsp3) is 0.579. The van der Waals surface area contributed by atoms with Gasteiger partial charge in [-0.1, -0.05) is 30.0 Å². The largest absolute Gasteiger partial charge is 0.463 e. The maximum absolute atomic E-state index is 11.6. The van der Waals surface area contributed by atoms with Crippen molar-refractivity contribution >= 4 is 23.7 Å². The molecule has 27 heavy (non-hydrogen) atoms. The lowest BCUT2D eigenvalue weighted by Gasteiger charge is -2.41. The maximum atomic E-state index is 11.6. The summed E-state index contributed by atoms with van der Waals surface area (Å²) in [5.41, 5.74) is -0.411. The molecule has 2 aliphatic rings. The highest BCUT2D eigenvalue weighted by molar-refractivity contribution is 7.99. The summed E-state index contributed by atoms with van der Waals surface area (Å²) in [6.45, 7) is 6.22. The highest BCUT2D eigenvalue weighted by atomic mass is 32.2. The van der Waals surface area contributed by atoms with Crippen molar-refractivity contribution in [3.8, 4) is 0 Å². The molecular formula is C19H24O7S. The third-order valence-electron chi connectivity index (χ3n) is 4.18. The van der Waals surface area contributed by atoms with E-state index in [4.69, 9.17) is 23.7 Å². The van der Waals surface area contributed by atoms with Crippen molar-refractivity contribution in [3.63, 3.8) is 0 Å². The van der Waals surface area contributed by atoms with E-state index in [0.29, 0.717) is 0 Å². The normalized spacial score (nSPS) is 31.8. The predicted molar refractivity (Wildman–Crippen MR) is 97.0 cm³/mol. The number of fused-ring (bicyclic) bond motifs is 1.